The van der Waals surface area contributed by atoms with E-state index < -0.39 is 28.5 Å². The summed E-state index contributed by atoms with van der Waals surface area (Å²) in [5.74, 6) is -0.794. The molecule has 2 rings (SSSR count). The topological polar surface area (TPSA) is 86.8 Å². The van der Waals surface area contributed by atoms with Crippen LogP contribution in [0.3, 0.4) is 0 Å². The molecule has 2 amide bonds. The van der Waals surface area contributed by atoms with Crippen molar-refractivity contribution in [1.29, 1.82) is 0 Å². The van der Waals surface area contributed by atoms with Crippen LogP contribution in [0.1, 0.15) is 44.7 Å². The lowest BCUT2D eigenvalue weighted by Crippen LogP contribution is -2.53. The van der Waals surface area contributed by atoms with E-state index in [1.807, 2.05) is 52.0 Å². The molecule has 0 aliphatic carbocycles. The largest absolute Gasteiger partial charge is 0.352 e. The van der Waals surface area contributed by atoms with Gasteiger partial charge in [-0.05, 0) is 50.5 Å². The zero-order valence-electron chi connectivity index (χ0n) is 20.7. The fraction of sp³-hybridized carbons (Fsp3) is 0.440. The molecule has 0 aliphatic heterocycles. The highest BCUT2D eigenvalue weighted by Gasteiger charge is 2.32. The number of rotatable bonds is 11. The molecule has 1 N–H and O–H groups in total. The number of hydrogen-bond donors (Lipinski definition) is 1. The van der Waals surface area contributed by atoms with Gasteiger partial charge in [0.25, 0.3) is 0 Å². The van der Waals surface area contributed by atoms with Gasteiger partial charge in [0.05, 0.1) is 11.9 Å². The van der Waals surface area contributed by atoms with E-state index in [9.17, 15) is 18.0 Å². The average molecular weight is 543 g/mol. The predicted octanol–water partition coefficient (Wildman–Crippen LogP) is 4.79. The predicted molar refractivity (Wildman–Crippen MR) is 142 cm³/mol. The Hall–Kier alpha value is -2.29. The van der Waals surface area contributed by atoms with Gasteiger partial charge in [0.2, 0.25) is 21.8 Å². The fourth-order valence-electron chi connectivity index (χ4n) is 3.55. The van der Waals surface area contributed by atoms with Gasteiger partial charge in [0, 0.05) is 22.6 Å². The number of nitrogens with one attached hydrogen (secondary N) is 1. The van der Waals surface area contributed by atoms with E-state index in [-0.39, 0.29) is 34.2 Å². The van der Waals surface area contributed by atoms with Gasteiger partial charge in [-0.15, -0.1) is 0 Å². The molecular weight excluding hydrogens is 509 g/mol. The van der Waals surface area contributed by atoms with Gasteiger partial charge in [0.1, 0.15) is 12.6 Å². The monoisotopic (exact) mass is 541 g/mol. The van der Waals surface area contributed by atoms with Gasteiger partial charge >= 0.3 is 0 Å². The summed E-state index contributed by atoms with van der Waals surface area (Å²) in [7, 11) is -3.87. The van der Waals surface area contributed by atoms with E-state index in [1.165, 1.54) is 23.1 Å². The van der Waals surface area contributed by atoms with Gasteiger partial charge in [-0.25, -0.2) is 8.42 Å². The summed E-state index contributed by atoms with van der Waals surface area (Å²) in [6, 6.07) is 11.1. The number of amides is 2. The molecule has 0 bridgehead atoms. The van der Waals surface area contributed by atoms with Crippen molar-refractivity contribution in [3.8, 4) is 0 Å². The van der Waals surface area contributed by atoms with Gasteiger partial charge in [-0.1, -0.05) is 66.9 Å². The van der Waals surface area contributed by atoms with Gasteiger partial charge < -0.3 is 10.2 Å². The van der Waals surface area contributed by atoms with Crippen molar-refractivity contribution < 1.29 is 18.0 Å². The molecule has 0 saturated heterocycles. The van der Waals surface area contributed by atoms with Crippen LogP contribution in [0.4, 0.5) is 5.69 Å². The second kappa shape index (κ2) is 12.6. The average Bonchev–Trinajstić information content (AvgIpc) is 2.76. The first-order valence-electron chi connectivity index (χ1n) is 11.4. The maximum absolute atomic E-state index is 13.6. The van der Waals surface area contributed by atoms with Crippen LogP contribution in [0.5, 0.6) is 0 Å². The van der Waals surface area contributed by atoms with E-state index in [0.29, 0.717) is 6.42 Å². The zero-order chi connectivity index (χ0) is 26.3. The lowest BCUT2D eigenvalue weighted by atomic mass is 10.1. The van der Waals surface area contributed by atoms with Crippen LogP contribution in [0.15, 0.2) is 42.5 Å². The molecule has 0 heterocycles. The van der Waals surface area contributed by atoms with Crippen molar-refractivity contribution in [2.75, 3.05) is 17.1 Å². The lowest BCUT2D eigenvalue weighted by molar-refractivity contribution is -0.140. The van der Waals surface area contributed by atoms with Gasteiger partial charge in [-0.3, -0.25) is 13.9 Å². The molecule has 0 unspecified atom stereocenters. The maximum atomic E-state index is 13.6. The number of carbonyl (C=O) groups excluding carboxylic acids is 2. The number of aryl methyl sites for hydroxylation is 1. The van der Waals surface area contributed by atoms with Crippen molar-refractivity contribution in [3.63, 3.8) is 0 Å². The Balaban J connectivity index is 2.46. The minimum Gasteiger partial charge on any atom is -0.352 e. The first-order chi connectivity index (χ1) is 16.3. The minimum atomic E-state index is -3.87. The summed E-state index contributed by atoms with van der Waals surface area (Å²) < 4.78 is 26.3. The Bertz CT molecular complexity index is 1120. The number of nitrogens with zero attached hydrogens (tertiary/aromatic N) is 2. The molecule has 0 aromatic heterocycles. The van der Waals surface area contributed by atoms with Crippen molar-refractivity contribution in [2.45, 2.75) is 59.2 Å². The highest BCUT2D eigenvalue weighted by Crippen LogP contribution is 2.27. The summed E-state index contributed by atoms with van der Waals surface area (Å²) in [5, 5.41) is 3.42. The molecule has 2 atom stereocenters. The zero-order valence-corrected chi connectivity index (χ0v) is 23.0. The molecule has 2 aromatic carbocycles. The molecule has 7 nitrogen and oxygen atoms in total. The Morgan fingerprint density at radius 2 is 1.57 bits per heavy atom. The molecule has 10 heteroatoms. The van der Waals surface area contributed by atoms with E-state index in [0.717, 1.165) is 28.1 Å². The molecule has 0 radical (unpaired) electrons. The molecule has 0 fully saturated rings. The van der Waals surface area contributed by atoms with Crippen molar-refractivity contribution in [3.05, 3.63) is 63.6 Å². The van der Waals surface area contributed by atoms with Crippen LogP contribution in [-0.2, 0) is 26.2 Å². The quantitative estimate of drug-likeness (QED) is 0.443. The third-order valence-corrected chi connectivity index (χ3v) is 7.25. The van der Waals surface area contributed by atoms with Crippen molar-refractivity contribution in [2.24, 2.45) is 0 Å². The van der Waals surface area contributed by atoms with Crippen LogP contribution in [-0.4, -0.2) is 50.0 Å². The number of carbonyl (C=O) groups is 2. The van der Waals surface area contributed by atoms with E-state index >= 15 is 0 Å². The number of halogens is 2. The SMILES string of the molecule is CC[C@@H](C)NC(=O)[C@@H](CC)N(Cc1ccc(C)cc1)C(=O)CN(c1cc(Cl)cc(Cl)c1)S(C)(=O)=O. The normalized spacial score (nSPS) is 13.1. The summed E-state index contributed by atoms with van der Waals surface area (Å²) in [6.45, 7) is 7.28. The summed E-state index contributed by atoms with van der Waals surface area (Å²) >= 11 is 12.2. The second-order valence-electron chi connectivity index (χ2n) is 8.65. The van der Waals surface area contributed by atoms with Crippen LogP contribution < -0.4 is 9.62 Å². The fourth-order valence-corrected chi connectivity index (χ4v) is 4.90. The maximum Gasteiger partial charge on any atom is 0.244 e. The second-order valence-corrected chi connectivity index (χ2v) is 11.4. The van der Waals surface area contributed by atoms with Crippen LogP contribution in [0, 0.1) is 6.92 Å². The number of anilines is 1. The van der Waals surface area contributed by atoms with E-state index in [1.54, 1.807) is 0 Å². The first kappa shape index (κ1) is 28.9. The minimum absolute atomic E-state index is 0.0611. The molecular formula is C25H33Cl2N3O4S. The summed E-state index contributed by atoms with van der Waals surface area (Å²) in [6.07, 6.45) is 2.11. The van der Waals surface area contributed by atoms with Crippen LogP contribution in [0.2, 0.25) is 10.0 Å². The number of sulfonamides is 1. The lowest BCUT2D eigenvalue weighted by Gasteiger charge is -2.33. The van der Waals surface area contributed by atoms with E-state index in [4.69, 9.17) is 23.2 Å². The first-order valence-corrected chi connectivity index (χ1v) is 14.0. The Labute approximate surface area is 218 Å². The molecule has 2 aromatic rings. The summed E-state index contributed by atoms with van der Waals surface area (Å²) in [5.41, 5.74) is 2.07. The van der Waals surface area contributed by atoms with Crippen LogP contribution >= 0.6 is 23.2 Å². The number of hydrogen-bond acceptors (Lipinski definition) is 4. The Morgan fingerprint density at radius 3 is 2.06 bits per heavy atom. The van der Waals surface area contributed by atoms with Crippen molar-refractivity contribution >= 4 is 50.7 Å². The molecule has 0 saturated carbocycles. The smallest absolute Gasteiger partial charge is 0.244 e. The standard InChI is InChI=1S/C25H33Cl2N3O4S/c1-6-18(4)28-25(32)23(7-2)29(15-19-10-8-17(3)9-11-19)24(31)16-30(35(5,33)34)22-13-20(26)12-21(27)14-22/h8-14,18,23H,6-7,15-16H2,1-5H3,(H,28,32)/t18-,23-/m1/s1. The van der Waals surface area contributed by atoms with E-state index in [2.05, 4.69) is 5.32 Å². The third kappa shape index (κ3) is 8.40. The van der Waals surface area contributed by atoms with Gasteiger partial charge in [0.15, 0.2) is 0 Å². The molecule has 35 heavy (non-hydrogen) atoms. The van der Waals surface area contributed by atoms with Crippen LogP contribution in [0.25, 0.3) is 0 Å². The van der Waals surface area contributed by atoms with Gasteiger partial charge in [-0.2, -0.15) is 0 Å². The Kier molecular flexibility index (Phi) is 10.4. The third-order valence-electron chi connectivity index (χ3n) is 5.67. The Morgan fingerprint density at radius 1 is 1.00 bits per heavy atom. The highest BCUT2D eigenvalue weighted by atomic mass is 35.5. The number of benzene rings is 2. The molecule has 192 valence electrons. The molecule has 0 spiro atoms. The summed E-state index contributed by atoms with van der Waals surface area (Å²) in [4.78, 5) is 28.2. The highest BCUT2D eigenvalue weighted by molar-refractivity contribution is 7.92. The van der Waals surface area contributed by atoms with Crippen molar-refractivity contribution in [1.82, 2.24) is 10.2 Å². The molecule has 0 aliphatic rings.